The molecule has 7 heteroatoms. The highest BCUT2D eigenvalue weighted by Gasteiger charge is 2.41. The molecule has 0 saturated carbocycles. The number of rotatable bonds is 1. The third-order valence-electron chi connectivity index (χ3n) is 3.72. The summed E-state index contributed by atoms with van der Waals surface area (Å²) in [6, 6.07) is 3.22. The summed E-state index contributed by atoms with van der Waals surface area (Å²) >= 11 is 5.73. The summed E-state index contributed by atoms with van der Waals surface area (Å²) in [7, 11) is 0. The molecule has 116 valence electrons. The standard InChI is InChI=1S/C15H13ClFNO4/c16-9-5-10(17)7-11(6-9)22-15(20)18-8-21-14(19)12-3-1-2-4-13(12)18/h1-2,5-7,12-13H,3-4,8H2. The second kappa shape index (κ2) is 5.96. The highest BCUT2D eigenvalue weighted by Crippen LogP contribution is 2.30. The van der Waals surface area contributed by atoms with Crippen molar-refractivity contribution in [2.45, 2.75) is 18.9 Å². The van der Waals surface area contributed by atoms with Gasteiger partial charge in [-0.3, -0.25) is 9.69 Å². The van der Waals surface area contributed by atoms with Crippen LogP contribution in [0.4, 0.5) is 9.18 Å². The number of cyclic esters (lactones) is 1. The largest absolute Gasteiger partial charge is 0.444 e. The van der Waals surface area contributed by atoms with Crippen LogP contribution in [-0.4, -0.2) is 29.7 Å². The van der Waals surface area contributed by atoms with Crippen LogP contribution >= 0.6 is 11.6 Å². The van der Waals surface area contributed by atoms with Gasteiger partial charge in [0.15, 0.2) is 6.73 Å². The number of allylic oxidation sites excluding steroid dienone is 1. The summed E-state index contributed by atoms with van der Waals surface area (Å²) in [6.45, 7) is -0.171. The predicted molar refractivity (Wildman–Crippen MR) is 75.9 cm³/mol. The highest BCUT2D eigenvalue weighted by molar-refractivity contribution is 6.30. The first-order chi connectivity index (χ1) is 10.5. The molecule has 0 spiro atoms. The van der Waals surface area contributed by atoms with E-state index in [1.54, 1.807) is 0 Å². The molecule has 0 N–H and O–H groups in total. The molecule has 1 aliphatic heterocycles. The molecule has 1 heterocycles. The summed E-state index contributed by atoms with van der Waals surface area (Å²) in [4.78, 5) is 25.4. The topological polar surface area (TPSA) is 55.8 Å². The highest BCUT2D eigenvalue weighted by atomic mass is 35.5. The average molecular weight is 326 g/mol. The van der Waals surface area contributed by atoms with Crippen molar-refractivity contribution in [1.29, 1.82) is 0 Å². The molecule has 2 unspecified atom stereocenters. The maximum absolute atomic E-state index is 13.3. The van der Waals surface area contributed by atoms with E-state index in [0.717, 1.165) is 12.1 Å². The molecule has 0 bridgehead atoms. The summed E-state index contributed by atoms with van der Waals surface area (Å²) in [5.41, 5.74) is 0. The Morgan fingerprint density at radius 1 is 1.32 bits per heavy atom. The summed E-state index contributed by atoms with van der Waals surface area (Å²) < 4.78 is 23.4. The van der Waals surface area contributed by atoms with Crippen LogP contribution in [0.1, 0.15) is 12.8 Å². The summed E-state index contributed by atoms with van der Waals surface area (Å²) in [5.74, 6) is -1.29. The van der Waals surface area contributed by atoms with Gasteiger partial charge in [-0.05, 0) is 25.0 Å². The van der Waals surface area contributed by atoms with Crippen molar-refractivity contribution in [3.63, 3.8) is 0 Å². The number of fused-ring (bicyclic) bond motifs is 1. The molecule has 3 rings (SSSR count). The van der Waals surface area contributed by atoms with Crippen LogP contribution < -0.4 is 4.74 Å². The molecule has 1 fully saturated rings. The van der Waals surface area contributed by atoms with E-state index in [1.807, 2.05) is 12.2 Å². The minimum absolute atomic E-state index is 0.00908. The number of esters is 1. The van der Waals surface area contributed by atoms with Crippen LogP contribution in [0, 0.1) is 11.7 Å². The van der Waals surface area contributed by atoms with E-state index in [1.165, 1.54) is 11.0 Å². The molecular weight excluding hydrogens is 313 g/mol. The predicted octanol–water partition coefficient (Wildman–Crippen LogP) is 3.13. The Balaban J connectivity index is 1.76. The monoisotopic (exact) mass is 325 g/mol. The molecule has 22 heavy (non-hydrogen) atoms. The van der Waals surface area contributed by atoms with Gasteiger partial charge < -0.3 is 9.47 Å². The third-order valence-corrected chi connectivity index (χ3v) is 3.94. The number of amides is 1. The summed E-state index contributed by atoms with van der Waals surface area (Å²) in [5, 5.41) is 0.131. The zero-order valence-electron chi connectivity index (χ0n) is 11.5. The Hall–Kier alpha value is -2.08. The quantitative estimate of drug-likeness (QED) is 0.588. The summed E-state index contributed by atoms with van der Waals surface area (Å²) in [6.07, 6.45) is 4.19. The lowest BCUT2D eigenvalue weighted by atomic mass is 9.87. The molecule has 0 radical (unpaired) electrons. The van der Waals surface area contributed by atoms with Gasteiger partial charge in [0, 0.05) is 11.1 Å². The number of nitrogens with zero attached hydrogens (tertiary/aromatic N) is 1. The Labute approximate surface area is 131 Å². The Bertz CT molecular complexity index is 628. The number of carbonyl (C=O) groups excluding carboxylic acids is 2. The van der Waals surface area contributed by atoms with E-state index in [-0.39, 0.29) is 35.4 Å². The maximum atomic E-state index is 13.3. The van der Waals surface area contributed by atoms with E-state index in [4.69, 9.17) is 21.1 Å². The average Bonchev–Trinajstić information content (AvgIpc) is 2.46. The van der Waals surface area contributed by atoms with Crippen molar-refractivity contribution >= 4 is 23.7 Å². The van der Waals surface area contributed by atoms with E-state index >= 15 is 0 Å². The van der Waals surface area contributed by atoms with Crippen molar-refractivity contribution < 1.29 is 23.5 Å². The smallest absolute Gasteiger partial charge is 0.418 e. The Morgan fingerprint density at radius 2 is 2.09 bits per heavy atom. The van der Waals surface area contributed by atoms with E-state index < -0.39 is 11.9 Å². The molecule has 0 aromatic heterocycles. The van der Waals surface area contributed by atoms with Gasteiger partial charge in [-0.25, -0.2) is 9.18 Å². The normalized spacial score (nSPS) is 23.7. The lowest BCUT2D eigenvalue weighted by Gasteiger charge is -2.39. The van der Waals surface area contributed by atoms with Gasteiger partial charge >= 0.3 is 12.1 Å². The molecule has 1 saturated heterocycles. The van der Waals surface area contributed by atoms with Crippen molar-refractivity contribution in [3.8, 4) is 5.75 Å². The van der Waals surface area contributed by atoms with E-state index in [2.05, 4.69) is 0 Å². The van der Waals surface area contributed by atoms with Gasteiger partial charge in [-0.2, -0.15) is 0 Å². The minimum Gasteiger partial charge on any atom is -0.444 e. The molecule has 2 aliphatic rings. The van der Waals surface area contributed by atoms with Crippen LogP contribution in [0.3, 0.4) is 0 Å². The Morgan fingerprint density at radius 3 is 2.86 bits per heavy atom. The van der Waals surface area contributed by atoms with Gasteiger partial charge in [0.2, 0.25) is 0 Å². The first-order valence-corrected chi connectivity index (χ1v) is 7.18. The molecule has 1 aromatic carbocycles. The van der Waals surface area contributed by atoms with Crippen LogP contribution in [0.5, 0.6) is 5.75 Å². The van der Waals surface area contributed by atoms with Crippen LogP contribution in [-0.2, 0) is 9.53 Å². The number of benzene rings is 1. The minimum atomic E-state index is -0.695. The number of hydrogen-bond acceptors (Lipinski definition) is 4. The van der Waals surface area contributed by atoms with E-state index in [0.29, 0.717) is 12.8 Å². The first kappa shape index (κ1) is 14.8. The van der Waals surface area contributed by atoms with Gasteiger partial charge in [0.05, 0.1) is 12.0 Å². The lowest BCUT2D eigenvalue weighted by molar-refractivity contribution is -0.165. The lowest BCUT2D eigenvalue weighted by Crippen LogP contribution is -2.54. The molecule has 1 aliphatic carbocycles. The van der Waals surface area contributed by atoms with Gasteiger partial charge in [-0.15, -0.1) is 0 Å². The number of hydrogen-bond donors (Lipinski definition) is 0. The van der Waals surface area contributed by atoms with Gasteiger partial charge in [-0.1, -0.05) is 23.8 Å². The van der Waals surface area contributed by atoms with Crippen LogP contribution in [0.25, 0.3) is 0 Å². The van der Waals surface area contributed by atoms with Gasteiger partial charge in [0.1, 0.15) is 11.6 Å². The number of halogens is 2. The fourth-order valence-corrected chi connectivity index (χ4v) is 2.88. The van der Waals surface area contributed by atoms with Crippen molar-refractivity contribution in [2.75, 3.05) is 6.73 Å². The van der Waals surface area contributed by atoms with Crippen molar-refractivity contribution in [3.05, 3.63) is 41.2 Å². The second-order valence-electron chi connectivity index (χ2n) is 5.15. The van der Waals surface area contributed by atoms with Crippen LogP contribution in [0.15, 0.2) is 30.4 Å². The fourth-order valence-electron chi connectivity index (χ4n) is 2.67. The molecule has 5 nitrogen and oxygen atoms in total. The second-order valence-corrected chi connectivity index (χ2v) is 5.59. The molecule has 1 aromatic rings. The zero-order valence-corrected chi connectivity index (χ0v) is 12.3. The van der Waals surface area contributed by atoms with Crippen LogP contribution in [0.2, 0.25) is 5.02 Å². The van der Waals surface area contributed by atoms with Crippen molar-refractivity contribution in [1.82, 2.24) is 4.90 Å². The number of ether oxygens (including phenoxy) is 2. The molecular formula is C15H13ClFNO4. The molecule has 2 atom stereocenters. The molecule has 1 amide bonds. The fraction of sp³-hybridized carbons (Fsp3) is 0.333. The third kappa shape index (κ3) is 2.92. The number of carbonyl (C=O) groups is 2. The maximum Gasteiger partial charge on any atom is 0.418 e. The van der Waals surface area contributed by atoms with Crippen molar-refractivity contribution in [2.24, 2.45) is 5.92 Å². The first-order valence-electron chi connectivity index (χ1n) is 6.81. The Kier molecular flexibility index (Phi) is 4.02. The van der Waals surface area contributed by atoms with Gasteiger partial charge in [0.25, 0.3) is 0 Å². The zero-order chi connectivity index (χ0) is 15.7. The van der Waals surface area contributed by atoms with E-state index in [9.17, 15) is 14.0 Å². The SMILES string of the molecule is O=C1OCN(C(=O)Oc2cc(F)cc(Cl)c2)C2CC=CCC12.